The lowest BCUT2D eigenvalue weighted by molar-refractivity contribution is -0.116. The first-order valence-corrected chi connectivity index (χ1v) is 8.22. The van der Waals surface area contributed by atoms with Gasteiger partial charge in [-0.05, 0) is 35.6 Å². The van der Waals surface area contributed by atoms with Crippen LogP contribution >= 0.6 is 38.9 Å². The summed E-state index contributed by atoms with van der Waals surface area (Å²) < 4.78 is 14.3. The average Bonchev–Trinajstić information content (AvgIpc) is 2.83. The van der Waals surface area contributed by atoms with Gasteiger partial charge in [0.15, 0.2) is 0 Å². The Bertz CT molecular complexity index is 688. The maximum Gasteiger partial charge on any atom is 0.224 e. The van der Waals surface area contributed by atoms with E-state index in [9.17, 15) is 9.18 Å². The smallest absolute Gasteiger partial charge is 0.224 e. The quantitative estimate of drug-likeness (QED) is 0.744. The van der Waals surface area contributed by atoms with Gasteiger partial charge >= 0.3 is 0 Å². The molecule has 0 saturated carbocycles. The molecule has 0 spiro atoms. The van der Waals surface area contributed by atoms with Crippen LogP contribution in [0.25, 0.3) is 0 Å². The zero-order valence-electron chi connectivity index (χ0n) is 10.3. The number of halogens is 3. The van der Waals surface area contributed by atoms with Crippen molar-refractivity contribution < 1.29 is 9.18 Å². The highest BCUT2D eigenvalue weighted by Gasteiger charge is 2.23. The van der Waals surface area contributed by atoms with Gasteiger partial charge in [-0.25, -0.2) is 4.39 Å². The second-order valence-corrected chi connectivity index (χ2v) is 6.84. The van der Waals surface area contributed by atoms with Crippen LogP contribution in [-0.4, -0.2) is 5.91 Å². The van der Waals surface area contributed by atoms with E-state index in [1.807, 2.05) is 5.38 Å². The van der Waals surface area contributed by atoms with Crippen molar-refractivity contribution in [3.8, 4) is 0 Å². The minimum Gasteiger partial charge on any atom is -0.326 e. The summed E-state index contributed by atoms with van der Waals surface area (Å²) in [5.41, 5.74) is 2.07. The third-order valence-corrected chi connectivity index (χ3v) is 5.94. The van der Waals surface area contributed by atoms with Gasteiger partial charge in [-0.1, -0.05) is 27.5 Å². The molecule has 1 aromatic carbocycles. The van der Waals surface area contributed by atoms with Gasteiger partial charge in [-0.2, -0.15) is 0 Å². The van der Waals surface area contributed by atoms with Crippen molar-refractivity contribution in [3.63, 3.8) is 0 Å². The molecule has 1 atom stereocenters. The van der Waals surface area contributed by atoms with Crippen LogP contribution in [0, 0.1) is 5.82 Å². The van der Waals surface area contributed by atoms with E-state index >= 15 is 0 Å². The molecular formula is C14H10BrClFNOS. The molecule has 20 heavy (non-hydrogen) atoms. The van der Waals surface area contributed by atoms with Crippen LogP contribution in [0.3, 0.4) is 0 Å². The molecule has 2 nitrogen and oxygen atoms in total. The Morgan fingerprint density at radius 2 is 2.20 bits per heavy atom. The lowest BCUT2D eigenvalue weighted by atomic mass is 9.98. The molecule has 0 bridgehead atoms. The van der Waals surface area contributed by atoms with Crippen molar-refractivity contribution in [2.75, 3.05) is 5.32 Å². The summed E-state index contributed by atoms with van der Waals surface area (Å²) in [6.45, 7) is 0. The van der Waals surface area contributed by atoms with E-state index in [0.717, 1.165) is 10.4 Å². The van der Waals surface area contributed by atoms with Crippen LogP contribution in [-0.2, 0) is 11.2 Å². The zero-order valence-corrected chi connectivity index (χ0v) is 13.4. The van der Waals surface area contributed by atoms with E-state index in [0.29, 0.717) is 29.1 Å². The second-order valence-electron chi connectivity index (χ2n) is 4.57. The summed E-state index contributed by atoms with van der Waals surface area (Å²) in [6.07, 6.45) is 1.07. The standard InChI is InChI=1S/C14H10BrClFNOS/c15-13(14-9(16)3-4-20-14)8-5-7-1-2-12(19)18-11(7)6-10(8)17/h3-6,13H,1-2H2,(H,18,19). The Hall–Kier alpha value is -0.910. The van der Waals surface area contributed by atoms with Gasteiger partial charge in [0.05, 0.1) is 9.85 Å². The van der Waals surface area contributed by atoms with Crippen molar-refractivity contribution >= 4 is 50.5 Å². The molecule has 1 aromatic heterocycles. The fraction of sp³-hybridized carbons (Fsp3) is 0.214. The number of thiophene rings is 1. The molecule has 2 aromatic rings. The molecule has 0 radical (unpaired) electrons. The van der Waals surface area contributed by atoms with Crippen LogP contribution in [0.4, 0.5) is 10.1 Å². The fourth-order valence-electron chi connectivity index (χ4n) is 2.24. The molecule has 0 fully saturated rings. The molecule has 1 aliphatic heterocycles. The van der Waals surface area contributed by atoms with Gasteiger partial charge in [-0.3, -0.25) is 4.79 Å². The van der Waals surface area contributed by atoms with Gasteiger partial charge in [0.25, 0.3) is 0 Å². The number of aryl methyl sites for hydroxylation is 1. The topological polar surface area (TPSA) is 29.1 Å². The first-order valence-electron chi connectivity index (χ1n) is 6.05. The summed E-state index contributed by atoms with van der Waals surface area (Å²) in [4.78, 5) is 11.9. The Kier molecular flexibility index (Phi) is 3.84. The predicted octanol–water partition coefficient (Wildman–Crippen LogP) is 4.91. The fourth-order valence-corrected chi connectivity index (χ4v) is 4.45. The number of hydrogen-bond donors (Lipinski definition) is 1. The predicted molar refractivity (Wildman–Crippen MR) is 83.4 cm³/mol. The van der Waals surface area contributed by atoms with Crippen LogP contribution in [0.2, 0.25) is 5.02 Å². The normalized spacial score (nSPS) is 15.7. The summed E-state index contributed by atoms with van der Waals surface area (Å²) in [5, 5.41) is 5.20. The zero-order chi connectivity index (χ0) is 14.3. The third-order valence-electron chi connectivity index (χ3n) is 3.27. The Morgan fingerprint density at radius 3 is 2.90 bits per heavy atom. The van der Waals surface area contributed by atoms with Gasteiger partial charge in [0.1, 0.15) is 5.82 Å². The van der Waals surface area contributed by atoms with E-state index < -0.39 is 0 Å². The molecule has 0 saturated heterocycles. The monoisotopic (exact) mass is 373 g/mol. The second kappa shape index (κ2) is 5.47. The van der Waals surface area contributed by atoms with Crippen LogP contribution in [0.5, 0.6) is 0 Å². The molecule has 3 rings (SSSR count). The van der Waals surface area contributed by atoms with Gasteiger partial charge in [0.2, 0.25) is 5.91 Å². The summed E-state index contributed by atoms with van der Waals surface area (Å²) in [6, 6.07) is 4.99. The summed E-state index contributed by atoms with van der Waals surface area (Å²) >= 11 is 11.1. The van der Waals surface area contributed by atoms with E-state index in [1.165, 1.54) is 17.4 Å². The first kappa shape index (κ1) is 14.0. The number of benzene rings is 1. The molecule has 1 unspecified atom stereocenters. The Balaban J connectivity index is 2.02. The number of fused-ring (bicyclic) bond motifs is 1. The minimum absolute atomic E-state index is 0.0682. The number of nitrogens with one attached hydrogen (secondary N) is 1. The molecule has 1 aliphatic rings. The van der Waals surface area contributed by atoms with Crippen LogP contribution < -0.4 is 5.32 Å². The van der Waals surface area contributed by atoms with Crippen molar-refractivity contribution in [3.05, 3.63) is 50.4 Å². The maximum atomic E-state index is 14.3. The minimum atomic E-state index is -0.350. The van der Waals surface area contributed by atoms with Crippen molar-refractivity contribution in [2.45, 2.75) is 17.7 Å². The van der Waals surface area contributed by atoms with E-state index in [1.54, 1.807) is 12.1 Å². The van der Waals surface area contributed by atoms with Crippen molar-refractivity contribution in [2.24, 2.45) is 0 Å². The molecule has 6 heteroatoms. The number of carbonyl (C=O) groups excluding carboxylic acids is 1. The van der Waals surface area contributed by atoms with E-state index in [-0.39, 0.29) is 16.6 Å². The van der Waals surface area contributed by atoms with Crippen LogP contribution in [0.15, 0.2) is 23.6 Å². The number of hydrogen-bond acceptors (Lipinski definition) is 2. The SMILES string of the molecule is O=C1CCc2cc(C(Br)c3sccc3Cl)c(F)cc2N1. The number of amides is 1. The average molecular weight is 375 g/mol. The molecule has 1 amide bonds. The lowest BCUT2D eigenvalue weighted by Gasteiger charge is -2.20. The third kappa shape index (κ3) is 2.50. The summed E-state index contributed by atoms with van der Waals surface area (Å²) in [7, 11) is 0. The number of anilines is 1. The largest absolute Gasteiger partial charge is 0.326 e. The first-order chi connectivity index (χ1) is 9.56. The highest BCUT2D eigenvalue weighted by atomic mass is 79.9. The van der Waals surface area contributed by atoms with Gasteiger partial charge in [-0.15, -0.1) is 11.3 Å². The van der Waals surface area contributed by atoms with Gasteiger partial charge < -0.3 is 5.32 Å². The molecule has 0 aliphatic carbocycles. The van der Waals surface area contributed by atoms with Crippen molar-refractivity contribution in [1.82, 2.24) is 0 Å². The van der Waals surface area contributed by atoms with E-state index in [4.69, 9.17) is 11.6 Å². The molecular weight excluding hydrogens is 365 g/mol. The Morgan fingerprint density at radius 1 is 1.40 bits per heavy atom. The number of rotatable bonds is 2. The van der Waals surface area contributed by atoms with E-state index in [2.05, 4.69) is 21.2 Å². The van der Waals surface area contributed by atoms with Gasteiger partial charge in [0, 0.05) is 22.5 Å². The molecule has 104 valence electrons. The number of alkyl halides is 1. The highest BCUT2D eigenvalue weighted by molar-refractivity contribution is 9.09. The van der Waals surface area contributed by atoms with Crippen molar-refractivity contribution in [1.29, 1.82) is 0 Å². The molecule has 1 N–H and O–H groups in total. The maximum absolute atomic E-state index is 14.3. The lowest BCUT2D eigenvalue weighted by Crippen LogP contribution is -2.19. The molecule has 2 heterocycles. The summed E-state index contributed by atoms with van der Waals surface area (Å²) in [5.74, 6) is -0.418. The van der Waals surface area contributed by atoms with Crippen LogP contribution in [0.1, 0.15) is 27.3 Å². The highest BCUT2D eigenvalue weighted by Crippen LogP contribution is 2.41. The number of carbonyl (C=O) groups is 1. The Labute approximate surface area is 133 Å².